The van der Waals surface area contributed by atoms with Gasteiger partial charge < -0.3 is 5.11 Å². The summed E-state index contributed by atoms with van der Waals surface area (Å²) in [6, 6.07) is 3.44. The zero-order valence-corrected chi connectivity index (χ0v) is 11.0. The maximum Gasteiger partial charge on any atom is 0.446 e. The molecule has 94 valence electrons. The highest BCUT2D eigenvalue weighted by Gasteiger charge is 2.30. The lowest BCUT2D eigenvalue weighted by Crippen LogP contribution is -2.03. The number of benzene rings is 1. The number of alkyl halides is 4. The normalized spacial score (nSPS) is 13.5. The van der Waals surface area contributed by atoms with Gasteiger partial charge in [0.1, 0.15) is 16.4 Å². The van der Waals surface area contributed by atoms with Crippen molar-refractivity contribution in [2.75, 3.05) is 0 Å². The first-order valence-corrected chi connectivity index (χ1v) is 6.17. The molecule has 0 saturated carbocycles. The summed E-state index contributed by atoms with van der Waals surface area (Å²) in [5.74, 6) is -0.511. The topological polar surface area (TPSA) is 37.3 Å². The van der Waals surface area contributed by atoms with Gasteiger partial charge in [-0.15, -0.1) is 0 Å². The summed E-state index contributed by atoms with van der Waals surface area (Å²) in [7, 11) is 0. The molecular formula is C10H8BrF3O2S. The van der Waals surface area contributed by atoms with Crippen molar-refractivity contribution in [3.63, 3.8) is 0 Å². The van der Waals surface area contributed by atoms with Gasteiger partial charge in [0.25, 0.3) is 0 Å². The monoisotopic (exact) mass is 328 g/mol. The van der Waals surface area contributed by atoms with Crippen molar-refractivity contribution >= 4 is 33.5 Å². The number of aromatic hydroxyl groups is 1. The predicted molar refractivity (Wildman–Crippen MR) is 62.4 cm³/mol. The van der Waals surface area contributed by atoms with Crippen molar-refractivity contribution in [3.8, 4) is 5.75 Å². The van der Waals surface area contributed by atoms with E-state index >= 15 is 0 Å². The molecule has 1 unspecified atom stereocenters. The summed E-state index contributed by atoms with van der Waals surface area (Å²) in [6.07, 6.45) is 0. The molecular weight excluding hydrogens is 321 g/mol. The van der Waals surface area contributed by atoms with Gasteiger partial charge in [0.05, 0.1) is 0 Å². The van der Waals surface area contributed by atoms with Gasteiger partial charge in [0, 0.05) is 10.5 Å². The van der Waals surface area contributed by atoms with Crippen LogP contribution in [0.25, 0.3) is 0 Å². The van der Waals surface area contributed by atoms with Crippen LogP contribution in [0.1, 0.15) is 17.3 Å². The molecule has 0 aromatic heterocycles. The van der Waals surface area contributed by atoms with Crippen LogP contribution in [0.3, 0.4) is 0 Å². The van der Waals surface area contributed by atoms with E-state index in [1.165, 1.54) is 6.92 Å². The van der Waals surface area contributed by atoms with Crippen LogP contribution in [0.5, 0.6) is 5.75 Å². The van der Waals surface area contributed by atoms with Gasteiger partial charge in [-0.3, -0.25) is 4.79 Å². The fraction of sp³-hybridized carbons (Fsp3) is 0.300. The Morgan fingerprint density at radius 3 is 2.53 bits per heavy atom. The average Bonchev–Trinajstić information content (AvgIpc) is 2.17. The van der Waals surface area contributed by atoms with Crippen LogP contribution in [-0.2, 0) is 4.79 Å². The quantitative estimate of drug-likeness (QED) is 0.672. The average molecular weight is 329 g/mol. The van der Waals surface area contributed by atoms with Crippen LogP contribution in [-0.4, -0.2) is 16.4 Å². The molecule has 7 heteroatoms. The largest absolute Gasteiger partial charge is 0.508 e. The third kappa shape index (κ3) is 4.23. The number of ketones is 1. The van der Waals surface area contributed by atoms with E-state index in [4.69, 9.17) is 0 Å². The molecule has 0 heterocycles. The van der Waals surface area contributed by atoms with Gasteiger partial charge in [-0.2, -0.15) is 13.2 Å². The van der Waals surface area contributed by atoms with Gasteiger partial charge in [-0.05, 0) is 36.9 Å². The Kier molecular flexibility index (Phi) is 4.48. The third-order valence-electron chi connectivity index (χ3n) is 1.86. The Balaban J connectivity index is 3.06. The smallest absolute Gasteiger partial charge is 0.446 e. The number of carbonyl (C=O) groups excluding carboxylic acids is 1. The molecule has 1 atom stereocenters. The molecule has 0 bridgehead atoms. The molecule has 0 aliphatic heterocycles. The van der Waals surface area contributed by atoms with E-state index in [9.17, 15) is 23.1 Å². The van der Waals surface area contributed by atoms with Crippen molar-refractivity contribution < 1.29 is 23.1 Å². The SMILES string of the molecule is CC(=O)C(Br)c1cc(SC(F)(F)F)ccc1O. The Hall–Kier alpha value is -0.690. The lowest BCUT2D eigenvalue weighted by Gasteiger charge is -2.11. The minimum Gasteiger partial charge on any atom is -0.508 e. The van der Waals surface area contributed by atoms with E-state index < -0.39 is 10.3 Å². The Bertz CT molecular complexity index is 434. The summed E-state index contributed by atoms with van der Waals surface area (Å²) in [6.45, 7) is 1.28. The minimum absolute atomic E-state index is 0.0731. The first kappa shape index (κ1) is 14.4. The molecule has 0 fully saturated rings. The lowest BCUT2D eigenvalue weighted by atomic mass is 10.1. The molecule has 17 heavy (non-hydrogen) atoms. The first-order chi connectivity index (χ1) is 7.70. The molecule has 0 amide bonds. The van der Waals surface area contributed by atoms with Crippen LogP contribution >= 0.6 is 27.7 Å². The zero-order chi connectivity index (χ0) is 13.2. The van der Waals surface area contributed by atoms with Crippen LogP contribution in [0, 0.1) is 0 Å². The Labute approximate surface area is 108 Å². The summed E-state index contributed by atoms with van der Waals surface area (Å²) in [4.78, 5) is 10.2. The minimum atomic E-state index is -4.40. The molecule has 0 saturated heterocycles. The zero-order valence-electron chi connectivity index (χ0n) is 8.58. The number of phenols is 1. The number of carbonyl (C=O) groups is 1. The number of phenolic OH excluding ortho intramolecular Hbond substituents is 1. The lowest BCUT2D eigenvalue weighted by molar-refractivity contribution is -0.116. The molecule has 2 nitrogen and oxygen atoms in total. The molecule has 0 spiro atoms. The van der Waals surface area contributed by atoms with E-state index in [0.29, 0.717) is 0 Å². The van der Waals surface area contributed by atoms with Crippen molar-refractivity contribution in [1.82, 2.24) is 0 Å². The third-order valence-corrected chi connectivity index (χ3v) is 3.72. The molecule has 0 radical (unpaired) electrons. The van der Waals surface area contributed by atoms with E-state index in [1.807, 2.05) is 0 Å². The molecule has 0 aliphatic carbocycles. The second-order valence-electron chi connectivity index (χ2n) is 3.24. The summed E-state index contributed by atoms with van der Waals surface area (Å²) in [5, 5.41) is 9.48. The molecule has 1 N–H and O–H groups in total. The van der Waals surface area contributed by atoms with Crippen LogP contribution in [0.15, 0.2) is 23.1 Å². The second kappa shape index (κ2) is 5.30. The van der Waals surface area contributed by atoms with Crippen molar-refractivity contribution in [3.05, 3.63) is 23.8 Å². The van der Waals surface area contributed by atoms with Crippen LogP contribution < -0.4 is 0 Å². The molecule has 1 aromatic rings. The summed E-state index contributed by atoms with van der Waals surface area (Å²) < 4.78 is 36.5. The van der Waals surface area contributed by atoms with Gasteiger partial charge in [0.15, 0.2) is 0 Å². The second-order valence-corrected chi connectivity index (χ2v) is 5.30. The predicted octanol–water partition coefficient (Wildman–Crippen LogP) is 4.03. The highest BCUT2D eigenvalue weighted by Crippen LogP contribution is 2.40. The van der Waals surface area contributed by atoms with E-state index in [2.05, 4.69) is 15.9 Å². The summed E-state index contributed by atoms with van der Waals surface area (Å²) in [5.41, 5.74) is -4.27. The maximum atomic E-state index is 12.2. The van der Waals surface area contributed by atoms with Crippen LogP contribution in [0.2, 0.25) is 0 Å². The number of hydrogen-bond donors (Lipinski definition) is 1. The van der Waals surface area contributed by atoms with Gasteiger partial charge in [-0.25, -0.2) is 0 Å². The van der Waals surface area contributed by atoms with Crippen molar-refractivity contribution in [2.45, 2.75) is 22.2 Å². The Morgan fingerprint density at radius 2 is 2.06 bits per heavy atom. The van der Waals surface area contributed by atoms with Crippen LogP contribution in [0.4, 0.5) is 13.2 Å². The first-order valence-electron chi connectivity index (χ1n) is 4.44. The molecule has 1 rings (SSSR count). The fourth-order valence-electron chi connectivity index (χ4n) is 1.15. The van der Waals surface area contributed by atoms with Crippen molar-refractivity contribution in [1.29, 1.82) is 0 Å². The van der Waals surface area contributed by atoms with E-state index in [0.717, 1.165) is 18.2 Å². The Morgan fingerprint density at radius 1 is 1.47 bits per heavy atom. The molecule has 0 aliphatic rings. The van der Waals surface area contributed by atoms with E-state index in [1.54, 1.807) is 0 Å². The number of hydrogen-bond acceptors (Lipinski definition) is 3. The highest BCUT2D eigenvalue weighted by atomic mass is 79.9. The van der Waals surface area contributed by atoms with Crippen molar-refractivity contribution in [2.24, 2.45) is 0 Å². The molecule has 1 aromatic carbocycles. The maximum absolute atomic E-state index is 12.2. The number of rotatable bonds is 3. The van der Waals surface area contributed by atoms with Gasteiger partial charge in [-0.1, -0.05) is 15.9 Å². The fourth-order valence-corrected chi connectivity index (χ4v) is 2.11. The van der Waals surface area contributed by atoms with Gasteiger partial charge >= 0.3 is 5.51 Å². The highest BCUT2D eigenvalue weighted by molar-refractivity contribution is 9.09. The standard InChI is InChI=1S/C10H8BrF3O2S/c1-5(15)9(11)7-4-6(2-3-8(7)16)17-10(12,13)14/h2-4,9,16H,1H3. The summed E-state index contributed by atoms with van der Waals surface area (Å²) >= 11 is 2.72. The number of Topliss-reactive ketones (excluding diaryl/α,β-unsaturated/α-hetero) is 1. The van der Waals surface area contributed by atoms with Gasteiger partial charge in [0.2, 0.25) is 0 Å². The number of halogens is 4. The van der Waals surface area contributed by atoms with E-state index in [-0.39, 0.29) is 33.8 Å². The number of thioether (sulfide) groups is 1.